The summed E-state index contributed by atoms with van der Waals surface area (Å²) in [4.78, 5) is 15.5. The monoisotopic (exact) mass is 294 g/mol. The number of rotatable bonds is 5. The predicted octanol–water partition coefficient (Wildman–Crippen LogP) is 1.05. The van der Waals surface area contributed by atoms with Gasteiger partial charge < -0.3 is 20.3 Å². The smallest absolute Gasteiger partial charge is 0.315 e. The zero-order valence-corrected chi connectivity index (χ0v) is 11.3. The third-order valence-corrected chi connectivity index (χ3v) is 2.69. The van der Waals surface area contributed by atoms with E-state index in [1.807, 2.05) is 0 Å². The van der Waals surface area contributed by atoms with Gasteiger partial charge in [0.2, 0.25) is 5.89 Å². The van der Waals surface area contributed by atoms with Crippen molar-refractivity contribution in [1.29, 1.82) is 0 Å². The molecule has 2 amide bonds. The second-order valence-corrected chi connectivity index (χ2v) is 4.36. The van der Waals surface area contributed by atoms with E-state index in [4.69, 9.17) is 4.52 Å². The summed E-state index contributed by atoms with van der Waals surface area (Å²) in [6, 6.07) is 4.94. The number of aromatic nitrogens is 2. The van der Waals surface area contributed by atoms with E-state index in [0.717, 1.165) is 0 Å². The third kappa shape index (κ3) is 4.53. The van der Waals surface area contributed by atoms with Crippen molar-refractivity contribution in [1.82, 2.24) is 20.8 Å². The molecule has 1 unspecified atom stereocenters. The van der Waals surface area contributed by atoms with Gasteiger partial charge >= 0.3 is 6.03 Å². The molecule has 0 aliphatic heterocycles. The highest BCUT2D eigenvalue weighted by molar-refractivity contribution is 5.73. The van der Waals surface area contributed by atoms with Crippen molar-refractivity contribution in [3.63, 3.8) is 0 Å². The van der Waals surface area contributed by atoms with E-state index in [2.05, 4.69) is 20.8 Å². The van der Waals surface area contributed by atoms with Crippen LogP contribution >= 0.6 is 0 Å². The number of aliphatic hydroxyl groups excluding tert-OH is 1. The van der Waals surface area contributed by atoms with Crippen molar-refractivity contribution in [2.75, 3.05) is 6.54 Å². The Morgan fingerprint density at radius 1 is 1.38 bits per heavy atom. The largest absolute Gasteiger partial charge is 0.387 e. The molecule has 0 aliphatic rings. The summed E-state index contributed by atoms with van der Waals surface area (Å²) >= 11 is 0. The third-order valence-electron chi connectivity index (χ3n) is 2.69. The van der Waals surface area contributed by atoms with Crippen LogP contribution in [0, 0.1) is 12.7 Å². The molecule has 112 valence electrons. The van der Waals surface area contributed by atoms with Crippen LogP contribution in [-0.4, -0.2) is 27.8 Å². The summed E-state index contributed by atoms with van der Waals surface area (Å²) in [6.07, 6.45) is -0.913. The number of carbonyl (C=O) groups excluding carboxylic acids is 1. The summed E-state index contributed by atoms with van der Waals surface area (Å²) < 4.78 is 17.5. The number of nitrogens with one attached hydrogen (secondary N) is 2. The fraction of sp³-hybridized carbons (Fsp3) is 0.308. The van der Waals surface area contributed by atoms with Crippen LogP contribution in [0.2, 0.25) is 0 Å². The first-order valence-electron chi connectivity index (χ1n) is 6.29. The average Bonchev–Trinajstić information content (AvgIpc) is 2.89. The fourth-order valence-corrected chi connectivity index (χ4v) is 1.63. The van der Waals surface area contributed by atoms with Crippen LogP contribution in [-0.2, 0) is 6.54 Å². The minimum atomic E-state index is -0.913. The van der Waals surface area contributed by atoms with E-state index >= 15 is 0 Å². The number of aliphatic hydroxyl groups is 1. The molecule has 1 heterocycles. The molecule has 0 spiro atoms. The zero-order valence-electron chi connectivity index (χ0n) is 11.3. The Kier molecular flexibility index (Phi) is 4.83. The highest BCUT2D eigenvalue weighted by Gasteiger charge is 2.10. The standard InChI is InChI=1S/C13H15FN4O3/c1-8-17-12(18-21-8)7-16-13(20)15-6-11(19)9-2-4-10(14)5-3-9/h2-5,11,19H,6-7H2,1H3,(H2,15,16,20). The number of aryl methyl sites for hydroxylation is 1. The highest BCUT2D eigenvalue weighted by Crippen LogP contribution is 2.12. The summed E-state index contributed by atoms with van der Waals surface area (Å²) in [6.45, 7) is 1.77. The highest BCUT2D eigenvalue weighted by atomic mass is 19.1. The lowest BCUT2D eigenvalue weighted by Crippen LogP contribution is -2.37. The Hall–Kier alpha value is -2.48. The number of hydrogen-bond donors (Lipinski definition) is 3. The van der Waals surface area contributed by atoms with Crippen LogP contribution in [0.4, 0.5) is 9.18 Å². The molecule has 0 fully saturated rings. The Morgan fingerprint density at radius 2 is 2.10 bits per heavy atom. The van der Waals surface area contributed by atoms with Crippen molar-refractivity contribution in [3.05, 3.63) is 47.4 Å². The van der Waals surface area contributed by atoms with Crippen LogP contribution in [0.1, 0.15) is 23.4 Å². The molecule has 1 aromatic carbocycles. The van der Waals surface area contributed by atoms with Crippen molar-refractivity contribution < 1.29 is 18.8 Å². The lowest BCUT2D eigenvalue weighted by Gasteiger charge is -2.12. The maximum atomic E-state index is 12.7. The van der Waals surface area contributed by atoms with Crippen LogP contribution in [0.5, 0.6) is 0 Å². The predicted molar refractivity (Wildman–Crippen MR) is 70.6 cm³/mol. The number of amides is 2. The van der Waals surface area contributed by atoms with E-state index in [1.165, 1.54) is 24.3 Å². The lowest BCUT2D eigenvalue weighted by atomic mass is 10.1. The fourth-order valence-electron chi connectivity index (χ4n) is 1.63. The second kappa shape index (κ2) is 6.80. The molecule has 21 heavy (non-hydrogen) atoms. The van der Waals surface area contributed by atoms with E-state index in [1.54, 1.807) is 6.92 Å². The number of urea groups is 1. The van der Waals surface area contributed by atoms with Crippen LogP contribution in [0.3, 0.4) is 0 Å². The molecule has 0 radical (unpaired) electrons. The van der Waals surface area contributed by atoms with Crippen LogP contribution in [0.15, 0.2) is 28.8 Å². The minimum absolute atomic E-state index is 0.00272. The van der Waals surface area contributed by atoms with Crippen molar-refractivity contribution in [2.45, 2.75) is 19.6 Å². The molecule has 0 saturated heterocycles. The summed E-state index contributed by atoms with van der Waals surface area (Å²) in [5.41, 5.74) is 0.519. The van der Waals surface area contributed by atoms with Gasteiger partial charge in [0.15, 0.2) is 5.82 Å². The molecule has 3 N–H and O–H groups in total. The quantitative estimate of drug-likeness (QED) is 0.765. The average molecular weight is 294 g/mol. The molecule has 2 aromatic rings. The normalized spacial score (nSPS) is 12.0. The lowest BCUT2D eigenvalue weighted by molar-refractivity contribution is 0.173. The first-order chi connectivity index (χ1) is 10.0. The minimum Gasteiger partial charge on any atom is -0.387 e. The molecule has 1 atom stereocenters. The molecule has 0 bridgehead atoms. The van der Waals surface area contributed by atoms with E-state index < -0.39 is 12.1 Å². The molecule has 7 nitrogen and oxygen atoms in total. The molecular formula is C13H15FN4O3. The maximum absolute atomic E-state index is 12.7. The van der Waals surface area contributed by atoms with Crippen LogP contribution < -0.4 is 10.6 Å². The Balaban J connectivity index is 1.74. The number of halogens is 1. The van der Waals surface area contributed by atoms with Gasteiger partial charge in [-0.05, 0) is 17.7 Å². The summed E-state index contributed by atoms with van der Waals surface area (Å²) in [7, 11) is 0. The number of nitrogens with zero attached hydrogens (tertiary/aromatic N) is 2. The van der Waals surface area contributed by atoms with Gasteiger partial charge in [-0.3, -0.25) is 0 Å². The summed E-state index contributed by atoms with van der Waals surface area (Å²) in [5.74, 6) is 0.396. The number of benzene rings is 1. The zero-order chi connectivity index (χ0) is 15.2. The SMILES string of the molecule is Cc1nc(CNC(=O)NCC(O)c2ccc(F)cc2)no1. The number of carbonyl (C=O) groups is 1. The maximum Gasteiger partial charge on any atom is 0.315 e. The van der Waals surface area contributed by atoms with E-state index in [0.29, 0.717) is 17.3 Å². The van der Waals surface area contributed by atoms with Gasteiger partial charge in [-0.2, -0.15) is 4.98 Å². The van der Waals surface area contributed by atoms with Crippen LogP contribution in [0.25, 0.3) is 0 Å². The van der Waals surface area contributed by atoms with Gasteiger partial charge in [0.05, 0.1) is 12.6 Å². The molecular weight excluding hydrogens is 279 g/mol. The summed E-state index contributed by atoms with van der Waals surface area (Å²) in [5, 5.41) is 18.5. The van der Waals surface area contributed by atoms with Crippen molar-refractivity contribution >= 4 is 6.03 Å². The van der Waals surface area contributed by atoms with Gasteiger partial charge in [-0.25, -0.2) is 9.18 Å². The van der Waals surface area contributed by atoms with Gasteiger partial charge in [0.25, 0.3) is 0 Å². The van der Waals surface area contributed by atoms with Gasteiger partial charge in [0.1, 0.15) is 5.82 Å². The molecule has 2 rings (SSSR count). The van der Waals surface area contributed by atoms with Crippen molar-refractivity contribution in [2.24, 2.45) is 0 Å². The molecule has 8 heteroatoms. The first kappa shape index (κ1) is 14.9. The molecule has 0 saturated carbocycles. The molecule has 1 aromatic heterocycles. The Morgan fingerprint density at radius 3 is 2.71 bits per heavy atom. The van der Waals surface area contributed by atoms with Gasteiger partial charge in [-0.15, -0.1) is 0 Å². The Bertz CT molecular complexity index is 600. The van der Waals surface area contributed by atoms with E-state index in [9.17, 15) is 14.3 Å². The topological polar surface area (TPSA) is 100 Å². The van der Waals surface area contributed by atoms with Crippen molar-refractivity contribution in [3.8, 4) is 0 Å². The van der Waals surface area contributed by atoms with Gasteiger partial charge in [-0.1, -0.05) is 17.3 Å². The first-order valence-corrected chi connectivity index (χ1v) is 6.29. The Labute approximate surface area is 120 Å². The second-order valence-electron chi connectivity index (χ2n) is 4.36. The van der Waals surface area contributed by atoms with Gasteiger partial charge in [0, 0.05) is 13.5 Å². The molecule has 0 aliphatic carbocycles. The van der Waals surface area contributed by atoms with E-state index in [-0.39, 0.29) is 18.9 Å². The number of hydrogen-bond acceptors (Lipinski definition) is 5.